The number of carbonyl (C=O) groups is 10. The fourth-order valence-corrected chi connectivity index (χ4v) is 15.7. The van der Waals surface area contributed by atoms with Gasteiger partial charge in [-0.1, -0.05) is 52.5 Å². The van der Waals surface area contributed by atoms with Crippen LogP contribution in [0.1, 0.15) is 210 Å². The molecule has 0 saturated heterocycles. The number of hydrogen-bond donors (Lipinski definition) is 3. The van der Waals surface area contributed by atoms with Gasteiger partial charge in [-0.25, -0.2) is 33.6 Å². The van der Waals surface area contributed by atoms with Crippen LogP contribution in [0.5, 0.6) is 0 Å². The zero-order valence-corrected chi connectivity index (χ0v) is 59.0. The van der Waals surface area contributed by atoms with E-state index in [2.05, 4.69) is 51.7 Å². The van der Waals surface area contributed by atoms with Crippen molar-refractivity contribution in [2.45, 2.75) is 210 Å². The largest absolute Gasteiger partial charge is 0.462 e. The summed E-state index contributed by atoms with van der Waals surface area (Å²) in [6.07, 6.45) is 29.2. The van der Waals surface area contributed by atoms with Crippen molar-refractivity contribution in [3.05, 3.63) is 48.6 Å². The first-order chi connectivity index (χ1) is 44.9. The second kappa shape index (κ2) is 44.2. The number of fused-ring (bicyclic) bond motifs is 15. The molecule has 0 spiro atoms. The van der Waals surface area contributed by atoms with Crippen molar-refractivity contribution in [2.24, 2.45) is 71.0 Å². The third-order valence-corrected chi connectivity index (χ3v) is 19.8. The van der Waals surface area contributed by atoms with Gasteiger partial charge < -0.3 is 44.4 Å². The summed E-state index contributed by atoms with van der Waals surface area (Å²) in [7, 11) is 0. The Morgan fingerprint density at radius 3 is 0.872 bits per heavy atom. The van der Waals surface area contributed by atoms with Gasteiger partial charge in [-0.05, 0) is 236 Å². The molecule has 0 heterocycles. The highest BCUT2D eigenvalue weighted by Gasteiger charge is 2.51. The molecule has 21 nitrogen and oxygen atoms in total. The summed E-state index contributed by atoms with van der Waals surface area (Å²) in [4.78, 5) is 114. The van der Waals surface area contributed by atoms with Gasteiger partial charge >= 0.3 is 48.0 Å². The number of urea groups is 2. The molecule has 21 heteroatoms. The molecule has 12 atom stereocenters. The maximum absolute atomic E-state index is 11.7. The highest BCUT2D eigenvalue weighted by molar-refractivity contribution is 5.95. The fraction of sp³-hybridized carbons (Fsp3) is 0.753. The normalized spacial score (nSPS) is 24.7. The summed E-state index contributed by atoms with van der Waals surface area (Å²) < 4.78 is 28.4. The molecule has 0 aromatic rings. The quantitative estimate of drug-likeness (QED) is 0.0371. The zero-order chi connectivity index (χ0) is 69.9. The number of esters is 5. The van der Waals surface area contributed by atoms with E-state index >= 15 is 0 Å². The standard InChI is InChI=1S/2C12H20N2O4.C10H16O4.3C10H16.C9H15NO4/c2*1-5-13-12(17)14(6-2)10(15)7-8-18-11(16)9(3)4;1-4-5-9(11)13-6-7-14-10(12)8(2)3;3*1-2-9-7-4-5-8(6-7)10(9)3-1;1-4-10-9(12)14-6-5-13-8(11)7(2)3/h2*3,5-8H2,1-2,4H3,(H,13,17);2,4-7H2,1,3H3;3*7-10H,1-6H2;2,4-6H2,1,3H3,(H,10,12). The number of alkyl carbamates (subject to hydrolysis) is 1. The van der Waals surface area contributed by atoms with Crippen molar-refractivity contribution in [2.75, 3.05) is 72.4 Å². The van der Waals surface area contributed by atoms with Crippen LogP contribution in [0.15, 0.2) is 48.6 Å². The van der Waals surface area contributed by atoms with E-state index in [0.29, 0.717) is 37.2 Å². The van der Waals surface area contributed by atoms with Crippen molar-refractivity contribution in [3.8, 4) is 0 Å². The van der Waals surface area contributed by atoms with Crippen LogP contribution in [0.3, 0.4) is 0 Å². The number of amides is 7. The Balaban J connectivity index is 0.000000288. The van der Waals surface area contributed by atoms with Crippen molar-refractivity contribution in [1.82, 2.24) is 25.8 Å². The molecule has 3 N–H and O–H groups in total. The second-order valence-electron chi connectivity index (χ2n) is 26.5. The van der Waals surface area contributed by atoms with E-state index in [0.717, 1.165) is 16.2 Å². The molecule has 0 aromatic heterocycles. The molecule has 12 unspecified atom stereocenters. The van der Waals surface area contributed by atoms with Crippen LogP contribution in [-0.4, -0.2) is 142 Å². The van der Waals surface area contributed by atoms with Crippen LogP contribution in [0, 0.1) is 71.0 Å². The zero-order valence-electron chi connectivity index (χ0n) is 59.0. The van der Waals surface area contributed by atoms with Gasteiger partial charge in [-0.3, -0.25) is 24.2 Å². The SMILES string of the molecule is C1CC2C3CCC(C3)C2C1.C1CC2C3CCC(C3)C2C1.C1CC2C3CCC(C3)C2C1.C=C(C)C(=O)OCCC(=O)N(CC)C(=O)NCC.C=C(C)C(=O)OCCC(=O)N(CC)C(=O)NCC.C=C(C)C(=O)OCCOC(=O)CCC.C=C(C)C(=O)OCCOC(=O)NCC. The second-order valence-corrected chi connectivity index (χ2v) is 26.5. The third-order valence-electron chi connectivity index (χ3n) is 19.8. The molecule has 9 aliphatic rings. The predicted molar refractivity (Wildman–Crippen MR) is 361 cm³/mol. The molecular weight excluding hydrogens is 1200 g/mol. The minimum absolute atomic E-state index is 0.0238. The summed E-state index contributed by atoms with van der Waals surface area (Å²) in [5.74, 6) is 11.4. The fourth-order valence-electron chi connectivity index (χ4n) is 15.7. The van der Waals surface area contributed by atoms with E-state index < -0.39 is 42.0 Å². The van der Waals surface area contributed by atoms with Crippen LogP contribution >= 0.6 is 0 Å². The Bertz CT molecular complexity index is 2270. The first-order valence-corrected chi connectivity index (χ1v) is 35.4. The molecule has 532 valence electrons. The van der Waals surface area contributed by atoms with Crippen molar-refractivity contribution in [3.63, 3.8) is 0 Å². The van der Waals surface area contributed by atoms with E-state index in [1.807, 2.05) is 6.92 Å². The van der Waals surface area contributed by atoms with Crippen LogP contribution < -0.4 is 16.0 Å². The molecule has 6 bridgehead atoms. The van der Waals surface area contributed by atoms with E-state index in [1.165, 1.54) is 84.9 Å². The summed E-state index contributed by atoms with van der Waals surface area (Å²) >= 11 is 0. The van der Waals surface area contributed by atoms with Gasteiger partial charge in [0.25, 0.3) is 0 Å². The first-order valence-electron chi connectivity index (χ1n) is 35.4. The summed E-state index contributed by atoms with van der Waals surface area (Å²) in [6, 6.07) is -0.868. The van der Waals surface area contributed by atoms with E-state index in [4.69, 9.17) is 18.9 Å². The number of imide groups is 2. The van der Waals surface area contributed by atoms with Gasteiger partial charge in [0.2, 0.25) is 11.8 Å². The lowest BCUT2D eigenvalue weighted by molar-refractivity contribution is -0.150. The van der Waals surface area contributed by atoms with Crippen molar-refractivity contribution < 1.29 is 76.4 Å². The summed E-state index contributed by atoms with van der Waals surface area (Å²) in [5, 5.41) is 7.52. The Hall–Kier alpha value is -6.54. The van der Waals surface area contributed by atoms with Crippen LogP contribution in [0.25, 0.3) is 0 Å². The highest BCUT2D eigenvalue weighted by Crippen LogP contribution is 2.60. The lowest BCUT2D eigenvalue weighted by atomic mass is 9.82. The summed E-state index contributed by atoms with van der Waals surface area (Å²) in [5.41, 5.74) is 1.21. The number of carbonyl (C=O) groups excluding carboxylic acids is 10. The molecule has 0 radical (unpaired) electrons. The predicted octanol–water partition coefficient (Wildman–Crippen LogP) is 12.9. The molecule has 9 rings (SSSR count). The topological polar surface area (TPSA) is 269 Å². The molecule has 0 aromatic carbocycles. The molecular formula is C73H119N5O16. The number of nitrogens with one attached hydrogen (secondary N) is 3. The molecule has 94 heavy (non-hydrogen) atoms. The maximum Gasteiger partial charge on any atom is 0.407 e. The Morgan fingerprint density at radius 2 is 0.617 bits per heavy atom. The van der Waals surface area contributed by atoms with Crippen LogP contribution in [0.4, 0.5) is 14.4 Å². The van der Waals surface area contributed by atoms with E-state index in [-0.39, 0.29) is 94.5 Å². The lowest BCUT2D eigenvalue weighted by Gasteiger charge is -2.23. The van der Waals surface area contributed by atoms with Gasteiger partial charge in [0.1, 0.15) is 39.6 Å². The van der Waals surface area contributed by atoms with E-state index in [9.17, 15) is 47.9 Å². The smallest absolute Gasteiger partial charge is 0.407 e. The minimum atomic E-state index is -0.538. The molecule has 0 aliphatic heterocycles. The average molecular weight is 1320 g/mol. The Labute approximate surface area is 562 Å². The molecule has 9 saturated carbocycles. The van der Waals surface area contributed by atoms with Crippen molar-refractivity contribution in [1.29, 1.82) is 0 Å². The Kier molecular flexibility index (Phi) is 38.5. The van der Waals surface area contributed by atoms with Crippen LogP contribution in [-0.2, 0) is 62.0 Å². The van der Waals surface area contributed by atoms with Gasteiger partial charge in [-0.15, -0.1) is 0 Å². The number of ether oxygens (including phenoxy) is 6. The number of hydrogen-bond acceptors (Lipinski definition) is 16. The maximum atomic E-state index is 11.7. The average Bonchev–Trinajstić information content (AvgIpc) is 1.68. The van der Waals surface area contributed by atoms with Gasteiger partial charge in [0, 0.05) is 61.4 Å². The van der Waals surface area contributed by atoms with Gasteiger partial charge in [-0.2, -0.15) is 0 Å². The Morgan fingerprint density at radius 1 is 0.351 bits per heavy atom. The van der Waals surface area contributed by atoms with E-state index in [1.54, 1.807) is 164 Å². The van der Waals surface area contributed by atoms with Crippen molar-refractivity contribution >= 4 is 59.8 Å². The highest BCUT2D eigenvalue weighted by atomic mass is 16.6. The molecule has 9 fully saturated rings. The molecule has 7 amide bonds. The van der Waals surface area contributed by atoms with Crippen LogP contribution in [0.2, 0.25) is 0 Å². The first kappa shape index (κ1) is 81.7. The minimum Gasteiger partial charge on any atom is -0.462 e. The third kappa shape index (κ3) is 27.7. The number of rotatable bonds is 23. The number of nitrogens with zero attached hydrogens (tertiary/aromatic N) is 2. The lowest BCUT2D eigenvalue weighted by Crippen LogP contribution is -2.43. The summed E-state index contributed by atoms with van der Waals surface area (Å²) in [6.45, 7) is 32.6. The van der Waals surface area contributed by atoms with Gasteiger partial charge in [0.15, 0.2) is 0 Å². The monoisotopic (exact) mass is 1320 g/mol. The van der Waals surface area contributed by atoms with Gasteiger partial charge in [0.05, 0.1) is 12.8 Å². The molecule has 9 aliphatic carbocycles.